The Morgan fingerprint density at radius 3 is 3.00 bits per heavy atom. The molecule has 18 heavy (non-hydrogen) atoms. The van der Waals surface area contributed by atoms with Crippen LogP contribution in [0, 0.1) is 5.41 Å². The summed E-state index contributed by atoms with van der Waals surface area (Å²) in [6.45, 7) is 5.65. The number of imidazole rings is 1. The van der Waals surface area contributed by atoms with E-state index in [2.05, 4.69) is 24.1 Å². The van der Waals surface area contributed by atoms with E-state index in [1.807, 2.05) is 18.2 Å². The van der Waals surface area contributed by atoms with Gasteiger partial charge in [-0.2, -0.15) is 0 Å². The number of fused-ring (bicyclic) bond motifs is 1. The molecule has 0 aliphatic carbocycles. The van der Waals surface area contributed by atoms with Gasteiger partial charge in [0.25, 0.3) is 0 Å². The van der Waals surface area contributed by atoms with E-state index in [9.17, 15) is 0 Å². The van der Waals surface area contributed by atoms with E-state index in [1.54, 1.807) is 0 Å². The molecule has 0 amide bonds. The van der Waals surface area contributed by atoms with E-state index < -0.39 is 0 Å². The number of piperidine rings is 1. The first kappa shape index (κ1) is 12.0. The minimum Gasteiger partial charge on any atom is -0.341 e. The molecule has 3 rings (SSSR count). The van der Waals surface area contributed by atoms with Crippen LogP contribution < -0.4 is 5.32 Å². The number of nitrogens with zero attached hydrogens (tertiary/aromatic N) is 1. The topological polar surface area (TPSA) is 40.7 Å². The highest BCUT2D eigenvalue weighted by atomic mass is 35.5. The Balaban J connectivity index is 2.03. The van der Waals surface area contributed by atoms with Gasteiger partial charge in [-0.15, -0.1) is 0 Å². The Morgan fingerprint density at radius 1 is 1.39 bits per heavy atom. The minimum absolute atomic E-state index is 0.232. The van der Waals surface area contributed by atoms with Gasteiger partial charge in [-0.1, -0.05) is 25.4 Å². The van der Waals surface area contributed by atoms with Crippen LogP contribution in [0.3, 0.4) is 0 Å². The Kier molecular flexibility index (Phi) is 2.83. The summed E-state index contributed by atoms with van der Waals surface area (Å²) in [6, 6.07) is 6.07. The lowest BCUT2D eigenvalue weighted by atomic mass is 9.77. The highest BCUT2D eigenvalue weighted by Crippen LogP contribution is 2.39. The highest BCUT2D eigenvalue weighted by Gasteiger charge is 2.35. The maximum Gasteiger partial charge on any atom is 0.125 e. The lowest BCUT2D eigenvalue weighted by Gasteiger charge is -2.38. The van der Waals surface area contributed by atoms with Gasteiger partial charge in [0.1, 0.15) is 5.82 Å². The van der Waals surface area contributed by atoms with Crippen LogP contribution in [-0.4, -0.2) is 16.5 Å². The lowest BCUT2D eigenvalue weighted by Crippen LogP contribution is -2.40. The molecule has 1 unspecified atom stereocenters. The van der Waals surface area contributed by atoms with E-state index >= 15 is 0 Å². The van der Waals surface area contributed by atoms with Crippen LogP contribution in [0.15, 0.2) is 18.2 Å². The molecule has 1 aromatic heterocycles. The largest absolute Gasteiger partial charge is 0.341 e. The number of halogens is 1. The fourth-order valence-electron chi connectivity index (χ4n) is 2.82. The summed E-state index contributed by atoms with van der Waals surface area (Å²) in [5.41, 5.74) is 2.23. The number of aromatic amines is 1. The number of benzene rings is 1. The van der Waals surface area contributed by atoms with Crippen molar-refractivity contribution in [1.82, 2.24) is 15.3 Å². The third-order valence-corrected chi connectivity index (χ3v) is 4.10. The number of rotatable bonds is 1. The first-order chi connectivity index (χ1) is 8.56. The van der Waals surface area contributed by atoms with Crippen molar-refractivity contribution in [3.05, 3.63) is 29.0 Å². The maximum absolute atomic E-state index is 6.01. The molecule has 96 valence electrons. The number of hydrogen-bond acceptors (Lipinski definition) is 2. The molecule has 4 heteroatoms. The van der Waals surface area contributed by atoms with Crippen molar-refractivity contribution in [2.24, 2.45) is 5.41 Å². The second-order valence-electron chi connectivity index (χ2n) is 5.76. The summed E-state index contributed by atoms with van der Waals surface area (Å²) < 4.78 is 0. The van der Waals surface area contributed by atoms with E-state index in [0.29, 0.717) is 0 Å². The SMILES string of the molecule is CC1(C)CCCNC1c1nc2ccc(Cl)cc2[nH]1. The van der Waals surface area contributed by atoms with Crippen molar-refractivity contribution in [3.63, 3.8) is 0 Å². The Morgan fingerprint density at radius 2 is 2.22 bits per heavy atom. The predicted molar refractivity (Wildman–Crippen MR) is 74.9 cm³/mol. The van der Waals surface area contributed by atoms with E-state index in [0.717, 1.165) is 28.4 Å². The van der Waals surface area contributed by atoms with Crippen molar-refractivity contribution >= 4 is 22.6 Å². The average molecular weight is 264 g/mol. The van der Waals surface area contributed by atoms with Gasteiger partial charge in [0.2, 0.25) is 0 Å². The third kappa shape index (κ3) is 2.02. The van der Waals surface area contributed by atoms with Crippen molar-refractivity contribution in [2.45, 2.75) is 32.7 Å². The van der Waals surface area contributed by atoms with Crippen LogP contribution >= 0.6 is 11.6 Å². The molecular formula is C14H18ClN3. The van der Waals surface area contributed by atoms with E-state index in [-0.39, 0.29) is 11.5 Å². The first-order valence-electron chi connectivity index (χ1n) is 6.45. The molecule has 2 heterocycles. The van der Waals surface area contributed by atoms with E-state index in [4.69, 9.17) is 16.6 Å². The van der Waals surface area contributed by atoms with Gasteiger partial charge in [-0.25, -0.2) is 4.98 Å². The molecule has 1 atom stereocenters. The van der Waals surface area contributed by atoms with Crippen LogP contribution in [0.4, 0.5) is 0 Å². The van der Waals surface area contributed by atoms with Gasteiger partial charge in [-0.05, 0) is 43.0 Å². The standard InChI is InChI=1S/C14H18ClN3/c1-14(2)6-3-7-16-12(14)13-17-10-5-4-9(15)8-11(10)18-13/h4-5,8,12,16H,3,6-7H2,1-2H3,(H,17,18). The Hall–Kier alpha value is -1.06. The van der Waals surface area contributed by atoms with Crippen LogP contribution in [0.2, 0.25) is 5.02 Å². The van der Waals surface area contributed by atoms with Crippen molar-refractivity contribution < 1.29 is 0 Å². The van der Waals surface area contributed by atoms with Crippen molar-refractivity contribution in [3.8, 4) is 0 Å². The summed E-state index contributed by atoms with van der Waals surface area (Å²) in [7, 11) is 0. The predicted octanol–water partition coefficient (Wildman–Crippen LogP) is 3.67. The van der Waals surface area contributed by atoms with Crippen LogP contribution in [0.5, 0.6) is 0 Å². The fraction of sp³-hybridized carbons (Fsp3) is 0.500. The molecule has 1 aliphatic heterocycles. The molecule has 3 nitrogen and oxygen atoms in total. The first-order valence-corrected chi connectivity index (χ1v) is 6.83. The fourth-order valence-corrected chi connectivity index (χ4v) is 2.99. The Labute approximate surface area is 112 Å². The van der Waals surface area contributed by atoms with Crippen molar-refractivity contribution in [2.75, 3.05) is 6.54 Å². The summed E-state index contributed by atoms with van der Waals surface area (Å²) >= 11 is 6.01. The zero-order chi connectivity index (χ0) is 12.8. The quantitative estimate of drug-likeness (QED) is 0.824. The lowest BCUT2D eigenvalue weighted by molar-refractivity contribution is 0.175. The van der Waals surface area contributed by atoms with Crippen molar-refractivity contribution in [1.29, 1.82) is 0 Å². The molecular weight excluding hydrogens is 246 g/mol. The second kappa shape index (κ2) is 4.25. The summed E-state index contributed by atoms with van der Waals surface area (Å²) in [5.74, 6) is 1.02. The van der Waals surface area contributed by atoms with E-state index in [1.165, 1.54) is 12.8 Å². The third-order valence-electron chi connectivity index (χ3n) is 3.86. The maximum atomic E-state index is 6.01. The molecule has 0 radical (unpaired) electrons. The van der Waals surface area contributed by atoms with Crippen LogP contribution in [0.1, 0.15) is 38.6 Å². The van der Waals surface area contributed by atoms with Gasteiger partial charge in [0.15, 0.2) is 0 Å². The number of nitrogens with one attached hydrogen (secondary N) is 2. The summed E-state index contributed by atoms with van der Waals surface area (Å²) in [6.07, 6.45) is 2.46. The van der Waals surface area contributed by atoms with Crippen LogP contribution in [-0.2, 0) is 0 Å². The normalized spacial score (nSPS) is 23.4. The number of aromatic nitrogens is 2. The zero-order valence-electron chi connectivity index (χ0n) is 10.8. The Bertz CT molecular complexity index is 573. The van der Waals surface area contributed by atoms with Gasteiger partial charge >= 0.3 is 0 Å². The molecule has 0 spiro atoms. The smallest absolute Gasteiger partial charge is 0.125 e. The van der Waals surface area contributed by atoms with Gasteiger partial charge in [-0.3, -0.25) is 0 Å². The van der Waals surface area contributed by atoms with Crippen LogP contribution in [0.25, 0.3) is 11.0 Å². The molecule has 0 bridgehead atoms. The van der Waals surface area contributed by atoms with Gasteiger partial charge < -0.3 is 10.3 Å². The minimum atomic E-state index is 0.232. The molecule has 2 N–H and O–H groups in total. The molecule has 2 aromatic rings. The van der Waals surface area contributed by atoms with Gasteiger partial charge in [0, 0.05) is 5.02 Å². The van der Waals surface area contributed by atoms with Gasteiger partial charge in [0.05, 0.1) is 17.1 Å². The summed E-state index contributed by atoms with van der Waals surface area (Å²) in [5, 5.41) is 4.32. The molecule has 1 fully saturated rings. The molecule has 1 saturated heterocycles. The average Bonchev–Trinajstić information content (AvgIpc) is 2.70. The summed E-state index contributed by atoms with van der Waals surface area (Å²) in [4.78, 5) is 8.10. The highest BCUT2D eigenvalue weighted by molar-refractivity contribution is 6.31. The zero-order valence-corrected chi connectivity index (χ0v) is 11.5. The molecule has 1 aromatic carbocycles. The monoisotopic (exact) mass is 263 g/mol. The number of hydrogen-bond donors (Lipinski definition) is 2. The molecule has 0 saturated carbocycles. The molecule has 1 aliphatic rings. The number of H-pyrrole nitrogens is 1. The second-order valence-corrected chi connectivity index (χ2v) is 6.20.